The van der Waals surface area contributed by atoms with E-state index in [9.17, 15) is 4.79 Å². The molecule has 0 aliphatic rings. The summed E-state index contributed by atoms with van der Waals surface area (Å²) < 4.78 is 16.6. The highest BCUT2D eigenvalue weighted by molar-refractivity contribution is 6.30. The summed E-state index contributed by atoms with van der Waals surface area (Å²) in [6, 6.07) is 22.2. The number of ketones is 1. The second kappa shape index (κ2) is 10.7. The van der Waals surface area contributed by atoms with Crippen LogP contribution in [0.25, 0.3) is 23.1 Å². The molecule has 0 fully saturated rings. The number of hydrogen-bond acceptors (Lipinski definition) is 5. The van der Waals surface area contributed by atoms with Crippen molar-refractivity contribution in [1.29, 1.82) is 0 Å². The lowest BCUT2D eigenvalue weighted by atomic mass is 10.1. The van der Waals surface area contributed by atoms with Crippen molar-refractivity contribution in [2.75, 3.05) is 14.2 Å². The van der Waals surface area contributed by atoms with E-state index in [2.05, 4.69) is 4.98 Å². The van der Waals surface area contributed by atoms with Crippen LogP contribution in [0, 0.1) is 0 Å². The number of carbonyl (C=O) groups excluding carboxylic acids is 1. The number of pyridine rings is 1. The van der Waals surface area contributed by atoms with Gasteiger partial charge in [-0.15, -0.1) is 0 Å². The van der Waals surface area contributed by atoms with Crippen molar-refractivity contribution < 1.29 is 19.0 Å². The number of methoxy groups -OCH3 is 2. The molecule has 0 radical (unpaired) electrons. The molecule has 170 valence electrons. The van der Waals surface area contributed by atoms with Crippen molar-refractivity contribution in [2.45, 2.75) is 0 Å². The Morgan fingerprint density at radius 2 is 1.65 bits per heavy atom. The first kappa shape index (κ1) is 23.1. The lowest BCUT2D eigenvalue weighted by Gasteiger charge is -2.10. The van der Waals surface area contributed by atoms with Gasteiger partial charge in [-0.25, -0.2) is 4.98 Å². The Labute approximate surface area is 202 Å². The molecular formula is C28H22ClNO4. The van der Waals surface area contributed by atoms with E-state index in [-0.39, 0.29) is 5.78 Å². The summed E-state index contributed by atoms with van der Waals surface area (Å²) in [5.41, 5.74) is 2.28. The third kappa shape index (κ3) is 5.63. The van der Waals surface area contributed by atoms with E-state index in [4.69, 9.17) is 25.8 Å². The Bertz CT molecular complexity index is 1390. The van der Waals surface area contributed by atoms with Gasteiger partial charge in [0.05, 0.1) is 19.7 Å². The number of aromatic nitrogens is 1. The second-order valence-corrected chi connectivity index (χ2v) is 7.75. The van der Waals surface area contributed by atoms with Gasteiger partial charge in [-0.05, 0) is 66.3 Å². The molecule has 1 aromatic heterocycles. The van der Waals surface area contributed by atoms with E-state index in [1.165, 1.54) is 12.2 Å². The van der Waals surface area contributed by atoms with Crippen LogP contribution in [-0.2, 0) is 4.79 Å². The molecule has 0 aliphatic heterocycles. The van der Waals surface area contributed by atoms with Gasteiger partial charge in [-0.2, -0.15) is 0 Å². The van der Waals surface area contributed by atoms with E-state index >= 15 is 0 Å². The van der Waals surface area contributed by atoms with E-state index in [1.54, 1.807) is 62.8 Å². The van der Waals surface area contributed by atoms with Crippen LogP contribution >= 0.6 is 11.6 Å². The SMILES string of the molecule is COc1ccc(/C=C/C(=O)/C=C/c2cc3ccccc3nc2Oc2cccc(Cl)c2)cc1OC. The summed E-state index contributed by atoms with van der Waals surface area (Å²) in [7, 11) is 3.15. The van der Waals surface area contributed by atoms with Gasteiger partial charge >= 0.3 is 0 Å². The highest BCUT2D eigenvalue weighted by Gasteiger charge is 2.09. The predicted octanol–water partition coefficient (Wildman–Crippen LogP) is 6.99. The maximum Gasteiger partial charge on any atom is 0.227 e. The van der Waals surface area contributed by atoms with Crippen molar-refractivity contribution in [3.8, 4) is 23.1 Å². The maximum atomic E-state index is 12.5. The summed E-state index contributed by atoms with van der Waals surface area (Å²) in [5.74, 6) is 1.98. The van der Waals surface area contributed by atoms with E-state index < -0.39 is 0 Å². The lowest BCUT2D eigenvalue weighted by Crippen LogP contribution is -1.93. The molecule has 4 rings (SSSR count). The molecule has 0 atom stereocenters. The standard InChI is InChI=1S/C28H22ClNO4/c1-32-26-15-11-19(16-27(26)33-2)10-13-23(31)14-12-21-17-20-6-3-4-9-25(20)30-28(21)34-24-8-5-7-22(29)18-24/h3-18H,1-2H3/b13-10+,14-12+. The first-order chi connectivity index (χ1) is 16.6. The molecule has 0 spiro atoms. The topological polar surface area (TPSA) is 57.7 Å². The summed E-state index contributed by atoms with van der Waals surface area (Å²) in [6.07, 6.45) is 6.38. The van der Waals surface area contributed by atoms with Crippen molar-refractivity contribution in [1.82, 2.24) is 4.98 Å². The largest absolute Gasteiger partial charge is 0.493 e. The van der Waals surface area contributed by atoms with Gasteiger partial charge < -0.3 is 14.2 Å². The molecule has 5 nitrogen and oxygen atoms in total. The number of rotatable bonds is 8. The van der Waals surface area contributed by atoms with Crippen LogP contribution in [0.5, 0.6) is 23.1 Å². The fourth-order valence-corrected chi connectivity index (χ4v) is 3.50. The third-order valence-corrected chi connectivity index (χ3v) is 5.24. The lowest BCUT2D eigenvalue weighted by molar-refractivity contribution is -0.110. The van der Waals surface area contributed by atoms with Gasteiger partial charge in [0, 0.05) is 16.0 Å². The quantitative estimate of drug-likeness (QED) is 0.259. The van der Waals surface area contributed by atoms with Crippen molar-refractivity contribution in [3.63, 3.8) is 0 Å². The molecule has 3 aromatic carbocycles. The molecule has 0 bridgehead atoms. The molecule has 6 heteroatoms. The van der Waals surface area contributed by atoms with Crippen LogP contribution in [-0.4, -0.2) is 25.0 Å². The Morgan fingerprint density at radius 1 is 0.853 bits per heavy atom. The number of halogens is 1. The van der Waals surface area contributed by atoms with Crippen LogP contribution in [0.3, 0.4) is 0 Å². The summed E-state index contributed by atoms with van der Waals surface area (Å²) in [6.45, 7) is 0. The van der Waals surface area contributed by atoms with Crippen molar-refractivity contribution in [3.05, 3.63) is 101 Å². The molecule has 0 amide bonds. The molecule has 0 saturated carbocycles. The normalized spacial score (nSPS) is 11.3. The fraction of sp³-hybridized carbons (Fsp3) is 0.0714. The predicted molar refractivity (Wildman–Crippen MR) is 136 cm³/mol. The zero-order chi connectivity index (χ0) is 23.9. The highest BCUT2D eigenvalue weighted by Crippen LogP contribution is 2.30. The number of para-hydroxylation sites is 1. The van der Waals surface area contributed by atoms with E-state index in [0.717, 1.165) is 16.5 Å². The van der Waals surface area contributed by atoms with Crippen LogP contribution in [0.4, 0.5) is 0 Å². The Balaban J connectivity index is 1.59. The first-order valence-electron chi connectivity index (χ1n) is 10.5. The monoisotopic (exact) mass is 471 g/mol. The van der Waals surface area contributed by atoms with Crippen LogP contribution in [0.15, 0.2) is 84.9 Å². The zero-order valence-electron chi connectivity index (χ0n) is 18.7. The first-order valence-corrected chi connectivity index (χ1v) is 10.9. The minimum atomic E-state index is -0.184. The number of allylic oxidation sites excluding steroid dienone is 2. The van der Waals surface area contributed by atoms with Gasteiger partial charge in [-0.1, -0.05) is 48.0 Å². The third-order valence-electron chi connectivity index (χ3n) is 5.00. The average Bonchev–Trinajstić information content (AvgIpc) is 2.86. The second-order valence-electron chi connectivity index (χ2n) is 7.32. The number of ether oxygens (including phenoxy) is 3. The molecule has 1 heterocycles. The van der Waals surface area contributed by atoms with Crippen LogP contribution < -0.4 is 14.2 Å². The molecule has 0 N–H and O–H groups in total. The number of nitrogens with zero attached hydrogens (tertiary/aromatic N) is 1. The molecule has 0 unspecified atom stereocenters. The van der Waals surface area contributed by atoms with Gasteiger partial charge in [-0.3, -0.25) is 4.79 Å². The number of benzene rings is 3. The average molecular weight is 472 g/mol. The van der Waals surface area contributed by atoms with Gasteiger partial charge in [0.25, 0.3) is 0 Å². The van der Waals surface area contributed by atoms with Crippen LogP contribution in [0.2, 0.25) is 5.02 Å². The van der Waals surface area contributed by atoms with Crippen molar-refractivity contribution in [2.24, 2.45) is 0 Å². The summed E-state index contributed by atoms with van der Waals surface area (Å²) >= 11 is 6.09. The molecule has 4 aromatic rings. The molecule has 34 heavy (non-hydrogen) atoms. The Morgan fingerprint density at radius 3 is 2.44 bits per heavy atom. The highest BCUT2D eigenvalue weighted by atomic mass is 35.5. The van der Waals surface area contributed by atoms with Gasteiger partial charge in [0.2, 0.25) is 5.88 Å². The summed E-state index contributed by atoms with van der Waals surface area (Å²) in [5, 5.41) is 1.50. The minimum Gasteiger partial charge on any atom is -0.493 e. The fourth-order valence-electron chi connectivity index (χ4n) is 3.32. The van der Waals surface area contributed by atoms with Gasteiger partial charge in [0.15, 0.2) is 17.3 Å². The maximum absolute atomic E-state index is 12.5. The minimum absolute atomic E-state index is 0.184. The zero-order valence-corrected chi connectivity index (χ0v) is 19.5. The smallest absolute Gasteiger partial charge is 0.227 e. The molecule has 0 aliphatic carbocycles. The molecular weight excluding hydrogens is 450 g/mol. The summed E-state index contributed by atoms with van der Waals surface area (Å²) in [4.78, 5) is 17.2. The number of hydrogen-bond donors (Lipinski definition) is 0. The Kier molecular flexibility index (Phi) is 7.25. The van der Waals surface area contributed by atoms with Crippen molar-refractivity contribution >= 4 is 40.4 Å². The van der Waals surface area contributed by atoms with E-state index in [1.807, 2.05) is 36.4 Å². The van der Waals surface area contributed by atoms with Gasteiger partial charge in [0.1, 0.15) is 5.75 Å². The van der Waals surface area contributed by atoms with Crippen LogP contribution in [0.1, 0.15) is 11.1 Å². The molecule has 0 saturated heterocycles. The number of carbonyl (C=O) groups is 1. The van der Waals surface area contributed by atoms with E-state index in [0.29, 0.717) is 33.7 Å². The number of fused-ring (bicyclic) bond motifs is 1. The Hall–Kier alpha value is -4.09.